The van der Waals surface area contributed by atoms with Crippen molar-refractivity contribution >= 4 is 34.2 Å². The Hall–Kier alpha value is -3.19. The molecule has 2 N–H and O–H groups in total. The number of ether oxygens (including phenoxy) is 1. The molecule has 28 heavy (non-hydrogen) atoms. The number of halogens is 1. The summed E-state index contributed by atoms with van der Waals surface area (Å²) in [5.41, 5.74) is 0.895. The molecule has 3 aromatic rings. The molecule has 3 rings (SSSR count). The minimum Gasteiger partial charge on any atom is -0.455 e. The Kier molecular flexibility index (Phi) is 6.06. The summed E-state index contributed by atoms with van der Waals surface area (Å²) >= 11 is 5.95. The third-order valence-electron chi connectivity index (χ3n) is 4.18. The van der Waals surface area contributed by atoms with Crippen LogP contribution in [0.3, 0.4) is 0 Å². The van der Waals surface area contributed by atoms with Crippen LogP contribution in [0.25, 0.3) is 10.8 Å². The average Bonchev–Trinajstić information content (AvgIpc) is 2.69. The summed E-state index contributed by atoms with van der Waals surface area (Å²) in [7, 11) is 0. The topological polar surface area (TPSA) is 101 Å². The SMILES string of the molecule is C[C@H](NC(=O)COC(=O)Cc1n[nH]c(=O)c2ccccc12)c1cccc(Cl)c1. The van der Waals surface area contributed by atoms with Crippen molar-refractivity contribution in [1.29, 1.82) is 0 Å². The molecule has 1 heterocycles. The second kappa shape index (κ2) is 8.67. The quantitative estimate of drug-likeness (QED) is 0.620. The summed E-state index contributed by atoms with van der Waals surface area (Å²) in [6, 6.07) is 13.7. The van der Waals surface area contributed by atoms with Gasteiger partial charge in [0.15, 0.2) is 6.61 Å². The van der Waals surface area contributed by atoms with Crippen LogP contribution < -0.4 is 10.9 Å². The first-order valence-electron chi connectivity index (χ1n) is 8.61. The van der Waals surface area contributed by atoms with Crippen LogP contribution in [0.2, 0.25) is 5.02 Å². The molecule has 1 amide bonds. The van der Waals surface area contributed by atoms with Gasteiger partial charge in [-0.3, -0.25) is 14.4 Å². The van der Waals surface area contributed by atoms with Crippen LogP contribution in [0, 0.1) is 0 Å². The summed E-state index contributed by atoms with van der Waals surface area (Å²) in [5, 5.41) is 10.6. The molecular formula is C20H18ClN3O4. The number of carbonyl (C=O) groups is 2. The average molecular weight is 400 g/mol. The zero-order valence-electron chi connectivity index (χ0n) is 15.1. The number of H-pyrrole nitrogens is 1. The van der Waals surface area contributed by atoms with Crippen molar-refractivity contribution < 1.29 is 14.3 Å². The van der Waals surface area contributed by atoms with E-state index in [2.05, 4.69) is 15.5 Å². The third-order valence-corrected chi connectivity index (χ3v) is 4.41. The molecule has 0 aliphatic heterocycles. The fourth-order valence-electron chi connectivity index (χ4n) is 2.78. The fraction of sp³-hybridized carbons (Fsp3) is 0.200. The van der Waals surface area contributed by atoms with Gasteiger partial charge in [-0.2, -0.15) is 5.10 Å². The molecule has 0 radical (unpaired) electrons. The first-order chi connectivity index (χ1) is 13.4. The molecule has 0 spiro atoms. The number of aromatic amines is 1. The number of carbonyl (C=O) groups excluding carboxylic acids is 2. The van der Waals surface area contributed by atoms with Crippen LogP contribution in [0.1, 0.15) is 24.2 Å². The van der Waals surface area contributed by atoms with Gasteiger partial charge in [-0.15, -0.1) is 0 Å². The van der Waals surface area contributed by atoms with Gasteiger partial charge in [-0.25, -0.2) is 5.10 Å². The Bertz CT molecular complexity index is 1080. The standard InChI is InChI=1S/C20H18ClN3O4/c1-12(13-5-4-6-14(21)9-13)22-18(25)11-28-19(26)10-17-15-7-2-3-8-16(15)20(27)24-23-17/h2-9,12H,10-11H2,1H3,(H,22,25)(H,24,27)/t12-/m0/s1. The Balaban J connectivity index is 1.57. The molecule has 8 heteroatoms. The summed E-state index contributed by atoms with van der Waals surface area (Å²) in [6.45, 7) is 1.40. The summed E-state index contributed by atoms with van der Waals surface area (Å²) in [5.74, 6) is -1.05. The Morgan fingerprint density at radius 3 is 2.68 bits per heavy atom. The number of esters is 1. The zero-order valence-corrected chi connectivity index (χ0v) is 15.8. The van der Waals surface area contributed by atoms with E-state index in [1.54, 1.807) is 42.5 Å². The van der Waals surface area contributed by atoms with Crippen molar-refractivity contribution in [3.05, 3.63) is 75.2 Å². The molecule has 0 unspecified atom stereocenters. The second-order valence-corrected chi connectivity index (χ2v) is 6.66. The molecule has 0 bridgehead atoms. The van der Waals surface area contributed by atoms with Gasteiger partial charge in [0.1, 0.15) is 0 Å². The van der Waals surface area contributed by atoms with Crippen molar-refractivity contribution in [2.24, 2.45) is 0 Å². The van der Waals surface area contributed by atoms with Gasteiger partial charge in [0.2, 0.25) is 0 Å². The Morgan fingerprint density at radius 1 is 1.18 bits per heavy atom. The van der Waals surface area contributed by atoms with Crippen LogP contribution in [0.5, 0.6) is 0 Å². The van der Waals surface area contributed by atoms with E-state index in [0.29, 0.717) is 21.5 Å². The van der Waals surface area contributed by atoms with Gasteiger partial charge >= 0.3 is 5.97 Å². The van der Waals surface area contributed by atoms with Crippen molar-refractivity contribution in [2.45, 2.75) is 19.4 Å². The molecule has 1 atom stereocenters. The lowest BCUT2D eigenvalue weighted by atomic mass is 10.1. The van der Waals surface area contributed by atoms with Crippen LogP contribution in [-0.4, -0.2) is 28.7 Å². The van der Waals surface area contributed by atoms with Crippen molar-refractivity contribution in [1.82, 2.24) is 15.5 Å². The van der Waals surface area contributed by atoms with E-state index in [1.165, 1.54) is 0 Å². The highest BCUT2D eigenvalue weighted by Crippen LogP contribution is 2.17. The van der Waals surface area contributed by atoms with Gasteiger partial charge in [0.05, 0.1) is 23.5 Å². The zero-order chi connectivity index (χ0) is 20.1. The summed E-state index contributed by atoms with van der Waals surface area (Å²) in [6.07, 6.45) is -0.158. The highest BCUT2D eigenvalue weighted by molar-refractivity contribution is 6.30. The van der Waals surface area contributed by atoms with E-state index >= 15 is 0 Å². The molecule has 0 saturated carbocycles. The maximum atomic E-state index is 12.1. The maximum Gasteiger partial charge on any atom is 0.312 e. The number of nitrogens with one attached hydrogen (secondary N) is 2. The largest absolute Gasteiger partial charge is 0.455 e. The fourth-order valence-corrected chi connectivity index (χ4v) is 2.98. The van der Waals surface area contributed by atoms with E-state index in [0.717, 1.165) is 5.56 Å². The second-order valence-electron chi connectivity index (χ2n) is 6.23. The van der Waals surface area contributed by atoms with E-state index in [1.807, 2.05) is 13.0 Å². The minimum absolute atomic E-state index is 0.158. The lowest BCUT2D eigenvalue weighted by Crippen LogP contribution is -2.31. The van der Waals surface area contributed by atoms with Crippen LogP contribution in [0.4, 0.5) is 0 Å². The molecule has 2 aromatic carbocycles. The number of hydrogen-bond donors (Lipinski definition) is 2. The van der Waals surface area contributed by atoms with E-state index in [-0.39, 0.29) is 18.0 Å². The van der Waals surface area contributed by atoms with E-state index in [4.69, 9.17) is 16.3 Å². The Labute approximate surface area is 165 Å². The van der Waals surface area contributed by atoms with Gasteiger partial charge in [-0.1, -0.05) is 41.9 Å². The number of fused-ring (bicyclic) bond motifs is 1. The number of aromatic nitrogens is 2. The summed E-state index contributed by atoms with van der Waals surface area (Å²) < 4.78 is 5.04. The molecular weight excluding hydrogens is 382 g/mol. The van der Waals surface area contributed by atoms with Crippen LogP contribution in [-0.2, 0) is 20.7 Å². The first kappa shape index (κ1) is 19.6. The molecule has 144 valence electrons. The summed E-state index contributed by atoms with van der Waals surface area (Å²) in [4.78, 5) is 35.9. The van der Waals surface area contributed by atoms with Gasteiger partial charge in [-0.05, 0) is 30.7 Å². The lowest BCUT2D eigenvalue weighted by molar-refractivity contribution is -0.148. The molecule has 0 fully saturated rings. The van der Waals surface area contributed by atoms with Crippen molar-refractivity contribution in [3.8, 4) is 0 Å². The molecule has 0 saturated heterocycles. The monoisotopic (exact) mass is 399 g/mol. The van der Waals surface area contributed by atoms with E-state index in [9.17, 15) is 14.4 Å². The predicted octanol–water partition coefficient (Wildman–Crippen LogP) is 2.54. The highest BCUT2D eigenvalue weighted by Gasteiger charge is 2.15. The third kappa shape index (κ3) is 4.75. The van der Waals surface area contributed by atoms with Crippen molar-refractivity contribution in [2.75, 3.05) is 6.61 Å². The molecule has 0 aliphatic rings. The lowest BCUT2D eigenvalue weighted by Gasteiger charge is -2.14. The minimum atomic E-state index is -0.615. The normalized spacial score (nSPS) is 11.8. The molecule has 1 aromatic heterocycles. The molecule has 0 aliphatic carbocycles. The number of hydrogen-bond acceptors (Lipinski definition) is 5. The van der Waals surface area contributed by atoms with Crippen LogP contribution >= 0.6 is 11.6 Å². The number of amides is 1. The first-order valence-corrected chi connectivity index (χ1v) is 8.98. The highest BCUT2D eigenvalue weighted by atomic mass is 35.5. The van der Waals surface area contributed by atoms with Gasteiger partial charge in [0.25, 0.3) is 11.5 Å². The predicted molar refractivity (Wildman–Crippen MR) is 105 cm³/mol. The smallest absolute Gasteiger partial charge is 0.312 e. The maximum absolute atomic E-state index is 12.1. The number of nitrogens with zero attached hydrogens (tertiary/aromatic N) is 1. The van der Waals surface area contributed by atoms with Crippen molar-refractivity contribution in [3.63, 3.8) is 0 Å². The number of benzene rings is 2. The van der Waals surface area contributed by atoms with E-state index < -0.39 is 18.5 Å². The Morgan fingerprint density at radius 2 is 1.93 bits per heavy atom. The van der Waals surface area contributed by atoms with Gasteiger partial charge < -0.3 is 10.1 Å². The van der Waals surface area contributed by atoms with Gasteiger partial charge in [0, 0.05) is 10.4 Å². The van der Waals surface area contributed by atoms with Crippen LogP contribution in [0.15, 0.2) is 53.3 Å². The number of rotatable bonds is 6. The molecule has 7 nitrogen and oxygen atoms in total.